The first kappa shape index (κ1) is 18.0. The van der Waals surface area contributed by atoms with Crippen molar-refractivity contribution in [2.75, 3.05) is 26.2 Å². The number of rotatable bonds is 8. The molecule has 2 aromatic heterocycles. The maximum Gasteiger partial charge on any atom is 0.191 e. The Kier molecular flexibility index (Phi) is 7.83. The number of nitrogens with one attached hydrogen (secondary N) is 2. The van der Waals surface area contributed by atoms with Crippen molar-refractivity contribution in [2.45, 2.75) is 13.3 Å². The number of halogens is 1. The van der Waals surface area contributed by atoms with Crippen molar-refractivity contribution in [3.05, 3.63) is 53.6 Å². The van der Waals surface area contributed by atoms with Gasteiger partial charge in [-0.2, -0.15) is 0 Å². The van der Waals surface area contributed by atoms with Crippen molar-refractivity contribution in [2.24, 2.45) is 4.99 Å². The molecule has 0 aliphatic rings. The molecule has 0 radical (unpaired) electrons. The molecule has 24 heavy (non-hydrogen) atoms. The lowest BCUT2D eigenvalue weighted by Crippen LogP contribution is -2.39. The Bertz CT molecular complexity index is 619. The zero-order valence-electron chi connectivity index (χ0n) is 13.7. The Morgan fingerprint density at radius 3 is 2.88 bits per heavy atom. The van der Waals surface area contributed by atoms with Gasteiger partial charge in [0.15, 0.2) is 5.96 Å². The quantitative estimate of drug-likeness (QED) is 0.332. The van der Waals surface area contributed by atoms with Gasteiger partial charge in [-0.1, -0.05) is 17.7 Å². The first-order chi connectivity index (χ1) is 11.8. The molecule has 0 amide bonds. The van der Waals surface area contributed by atoms with Gasteiger partial charge in [-0.05, 0) is 37.1 Å². The smallest absolute Gasteiger partial charge is 0.191 e. The number of hydrogen-bond donors (Lipinski definition) is 2. The van der Waals surface area contributed by atoms with E-state index < -0.39 is 0 Å². The second-order valence-electron chi connectivity index (χ2n) is 4.96. The molecule has 0 bridgehead atoms. The number of guanidine groups is 1. The van der Waals surface area contributed by atoms with E-state index in [-0.39, 0.29) is 0 Å². The fraction of sp³-hybridized carbons (Fsp3) is 0.353. The van der Waals surface area contributed by atoms with E-state index in [9.17, 15) is 0 Å². The lowest BCUT2D eigenvalue weighted by Gasteiger charge is -2.12. The highest BCUT2D eigenvalue weighted by atomic mass is 35.5. The van der Waals surface area contributed by atoms with E-state index in [1.54, 1.807) is 24.7 Å². The third-order valence-corrected chi connectivity index (χ3v) is 3.32. The molecular formula is C17H22ClN5O. The predicted octanol–water partition coefficient (Wildman–Crippen LogP) is 2.31. The summed E-state index contributed by atoms with van der Waals surface area (Å²) in [6, 6.07) is 7.49. The number of pyridine rings is 2. The molecule has 0 spiro atoms. The minimum atomic E-state index is 0.505. The van der Waals surface area contributed by atoms with Gasteiger partial charge < -0.3 is 15.4 Å². The van der Waals surface area contributed by atoms with Gasteiger partial charge in [0.25, 0.3) is 0 Å². The van der Waals surface area contributed by atoms with Gasteiger partial charge >= 0.3 is 0 Å². The van der Waals surface area contributed by atoms with Gasteiger partial charge in [-0.15, -0.1) is 0 Å². The van der Waals surface area contributed by atoms with Crippen LogP contribution in [0.25, 0.3) is 0 Å². The topological polar surface area (TPSA) is 71.4 Å². The minimum absolute atomic E-state index is 0.505. The van der Waals surface area contributed by atoms with Crippen LogP contribution in [0.15, 0.2) is 47.8 Å². The highest BCUT2D eigenvalue weighted by Gasteiger charge is 1.99. The van der Waals surface area contributed by atoms with Crippen LogP contribution in [-0.2, 0) is 6.42 Å². The Hall–Kier alpha value is -2.34. The molecule has 6 nitrogen and oxygen atoms in total. The van der Waals surface area contributed by atoms with Crippen LogP contribution in [-0.4, -0.2) is 42.2 Å². The summed E-state index contributed by atoms with van der Waals surface area (Å²) in [5.41, 5.74) is 1.11. The summed E-state index contributed by atoms with van der Waals surface area (Å²) < 4.78 is 5.59. The van der Waals surface area contributed by atoms with Crippen molar-refractivity contribution >= 4 is 17.6 Å². The third kappa shape index (κ3) is 6.83. The summed E-state index contributed by atoms with van der Waals surface area (Å²) >= 11 is 5.78. The molecule has 2 N–H and O–H groups in total. The van der Waals surface area contributed by atoms with Crippen LogP contribution in [0.1, 0.15) is 12.5 Å². The van der Waals surface area contributed by atoms with Crippen LogP contribution in [0, 0.1) is 0 Å². The molecule has 0 fully saturated rings. The van der Waals surface area contributed by atoms with Gasteiger partial charge in [0.2, 0.25) is 0 Å². The summed E-state index contributed by atoms with van der Waals surface area (Å²) in [6.07, 6.45) is 6.00. The highest BCUT2D eigenvalue weighted by molar-refractivity contribution is 6.29. The van der Waals surface area contributed by atoms with E-state index in [0.29, 0.717) is 24.8 Å². The molecule has 0 saturated heterocycles. The molecule has 0 atom stereocenters. The summed E-state index contributed by atoms with van der Waals surface area (Å²) in [4.78, 5) is 12.6. The Balaban J connectivity index is 1.72. The fourth-order valence-corrected chi connectivity index (χ4v) is 2.08. The van der Waals surface area contributed by atoms with E-state index in [4.69, 9.17) is 16.3 Å². The summed E-state index contributed by atoms with van der Waals surface area (Å²) in [7, 11) is 0. The summed E-state index contributed by atoms with van der Waals surface area (Å²) in [5.74, 6) is 1.53. The van der Waals surface area contributed by atoms with E-state index >= 15 is 0 Å². The number of aliphatic imine (C=N–C) groups is 1. The second-order valence-corrected chi connectivity index (χ2v) is 5.35. The molecule has 0 saturated carbocycles. The third-order valence-electron chi connectivity index (χ3n) is 3.10. The number of nitrogens with zero attached hydrogens (tertiary/aromatic N) is 3. The van der Waals surface area contributed by atoms with Crippen LogP contribution in [0.2, 0.25) is 5.15 Å². The molecule has 0 aliphatic carbocycles. The van der Waals surface area contributed by atoms with Crippen molar-refractivity contribution in [1.29, 1.82) is 0 Å². The molecule has 128 valence electrons. The molecule has 2 aromatic rings. The summed E-state index contributed by atoms with van der Waals surface area (Å²) in [6.45, 7) is 4.70. The highest BCUT2D eigenvalue weighted by Crippen LogP contribution is 2.06. The number of hydrogen-bond acceptors (Lipinski definition) is 4. The first-order valence-electron chi connectivity index (χ1n) is 7.93. The molecular weight excluding hydrogens is 326 g/mol. The molecule has 2 heterocycles. The molecule has 0 aliphatic heterocycles. The van der Waals surface area contributed by atoms with Crippen LogP contribution >= 0.6 is 11.6 Å². The molecule has 0 aromatic carbocycles. The minimum Gasteiger partial charge on any atom is -0.490 e. The van der Waals surface area contributed by atoms with Gasteiger partial charge in [0, 0.05) is 25.5 Å². The molecule has 0 unspecified atom stereocenters. The van der Waals surface area contributed by atoms with Gasteiger partial charge in [0.1, 0.15) is 17.5 Å². The predicted molar refractivity (Wildman–Crippen MR) is 96.7 cm³/mol. The maximum absolute atomic E-state index is 5.78. The number of ether oxygens (including phenoxy) is 1. The largest absolute Gasteiger partial charge is 0.490 e. The zero-order chi connectivity index (χ0) is 17.0. The first-order valence-corrected chi connectivity index (χ1v) is 8.31. The normalized spacial score (nSPS) is 11.2. The Morgan fingerprint density at radius 2 is 2.17 bits per heavy atom. The molecule has 2 rings (SSSR count). The van der Waals surface area contributed by atoms with Gasteiger partial charge in [0.05, 0.1) is 12.7 Å². The van der Waals surface area contributed by atoms with Crippen LogP contribution < -0.4 is 15.4 Å². The van der Waals surface area contributed by atoms with Crippen LogP contribution in [0.4, 0.5) is 0 Å². The Labute approximate surface area is 147 Å². The second kappa shape index (κ2) is 10.4. The lowest BCUT2D eigenvalue weighted by atomic mass is 10.2. The standard InChI is InChI=1S/C17H22ClN5O/c1-2-20-17(21-9-7-14-5-6-16(18)23-12-14)22-10-11-24-15-4-3-8-19-13-15/h3-6,8,12-13H,2,7,9-11H2,1H3,(H2,20,21,22). The van der Waals surface area contributed by atoms with Gasteiger partial charge in [-0.3, -0.25) is 9.98 Å². The van der Waals surface area contributed by atoms with E-state index in [2.05, 4.69) is 25.6 Å². The Morgan fingerprint density at radius 1 is 1.25 bits per heavy atom. The van der Waals surface area contributed by atoms with E-state index in [1.807, 2.05) is 25.1 Å². The van der Waals surface area contributed by atoms with Crippen molar-refractivity contribution < 1.29 is 4.74 Å². The van der Waals surface area contributed by atoms with E-state index in [0.717, 1.165) is 30.2 Å². The number of aromatic nitrogens is 2. The average Bonchev–Trinajstić information content (AvgIpc) is 2.61. The van der Waals surface area contributed by atoms with Crippen molar-refractivity contribution in [3.8, 4) is 5.75 Å². The summed E-state index contributed by atoms with van der Waals surface area (Å²) in [5, 5.41) is 6.96. The van der Waals surface area contributed by atoms with Crippen molar-refractivity contribution in [1.82, 2.24) is 20.6 Å². The molecule has 7 heteroatoms. The fourth-order valence-electron chi connectivity index (χ4n) is 1.96. The van der Waals surface area contributed by atoms with Crippen LogP contribution in [0.5, 0.6) is 5.75 Å². The van der Waals surface area contributed by atoms with Gasteiger partial charge in [-0.25, -0.2) is 4.98 Å². The lowest BCUT2D eigenvalue weighted by molar-refractivity contribution is 0.320. The van der Waals surface area contributed by atoms with E-state index in [1.165, 1.54) is 0 Å². The van der Waals surface area contributed by atoms with Crippen LogP contribution in [0.3, 0.4) is 0 Å². The zero-order valence-corrected chi connectivity index (χ0v) is 14.5. The average molecular weight is 348 g/mol. The SMILES string of the molecule is CCNC(=NCCc1ccc(Cl)nc1)NCCOc1cccnc1. The van der Waals surface area contributed by atoms with Crippen molar-refractivity contribution in [3.63, 3.8) is 0 Å². The maximum atomic E-state index is 5.78. The monoisotopic (exact) mass is 347 g/mol.